The van der Waals surface area contributed by atoms with Gasteiger partial charge in [-0.25, -0.2) is 0 Å². The van der Waals surface area contributed by atoms with Crippen molar-refractivity contribution in [3.8, 4) is 11.5 Å². The van der Waals surface area contributed by atoms with Crippen LogP contribution in [0.2, 0.25) is 0 Å². The van der Waals surface area contributed by atoms with E-state index < -0.39 is 0 Å². The van der Waals surface area contributed by atoms with E-state index in [4.69, 9.17) is 15.2 Å². The van der Waals surface area contributed by atoms with Crippen LogP contribution in [0.25, 0.3) is 0 Å². The smallest absolute Gasteiger partial charge is 0.148 e. The Balaban J connectivity index is 3.03. The van der Waals surface area contributed by atoms with Gasteiger partial charge in [-0.1, -0.05) is 0 Å². The quantitative estimate of drug-likeness (QED) is 0.821. The standard InChI is InChI=1S/C13H22N2O2/c1-10-12(16-3)7-6-11(13(10)17-4)15(2)9-5-8-14/h6-7H,5,8-9,14H2,1-4H3. The van der Waals surface area contributed by atoms with Gasteiger partial charge in [0.2, 0.25) is 0 Å². The zero-order valence-corrected chi connectivity index (χ0v) is 11.1. The van der Waals surface area contributed by atoms with Crippen LogP contribution < -0.4 is 20.1 Å². The average molecular weight is 238 g/mol. The van der Waals surface area contributed by atoms with E-state index in [2.05, 4.69) is 4.90 Å². The molecule has 0 bridgehead atoms. The third kappa shape index (κ3) is 3.03. The van der Waals surface area contributed by atoms with Gasteiger partial charge >= 0.3 is 0 Å². The molecule has 0 spiro atoms. The van der Waals surface area contributed by atoms with Gasteiger partial charge in [-0.2, -0.15) is 0 Å². The molecule has 2 N–H and O–H groups in total. The molecule has 0 saturated carbocycles. The number of benzene rings is 1. The molecule has 96 valence electrons. The molecule has 0 aliphatic carbocycles. The van der Waals surface area contributed by atoms with Crippen molar-refractivity contribution in [3.05, 3.63) is 17.7 Å². The van der Waals surface area contributed by atoms with Gasteiger partial charge in [0.05, 0.1) is 19.9 Å². The second-order valence-electron chi connectivity index (χ2n) is 4.01. The molecule has 0 unspecified atom stereocenters. The number of hydrogen-bond donors (Lipinski definition) is 1. The summed E-state index contributed by atoms with van der Waals surface area (Å²) >= 11 is 0. The molecule has 0 fully saturated rings. The van der Waals surface area contributed by atoms with Gasteiger partial charge < -0.3 is 20.1 Å². The van der Waals surface area contributed by atoms with Gasteiger partial charge in [-0.15, -0.1) is 0 Å². The average Bonchev–Trinajstić information content (AvgIpc) is 2.35. The van der Waals surface area contributed by atoms with Crippen LogP contribution in [0.15, 0.2) is 12.1 Å². The van der Waals surface area contributed by atoms with Gasteiger partial charge in [0.1, 0.15) is 11.5 Å². The lowest BCUT2D eigenvalue weighted by atomic mass is 10.1. The monoisotopic (exact) mass is 238 g/mol. The number of nitrogens with two attached hydrogens (primary N) is 1. The van der Waals surface area contributed by atoms with Crippen LogP contribution >= 0.6 is 0 Å². The molecule has 0 amide bonds. The summed E-state index contributed by atoms with van der Waals surface area (Å²) in [5.41, 5.74) is 7.61. The molecule has 17 heavy (non-hydrogen) atoms. The summed E-state index contributed by atoms with van der Waals surface area (Å²) < 4.78 is 10.8. The maximum Gasteiger partial charge on any atom is 0.148 e. The molecule has 1 aromatic rings. The summed E-state index contributed by atoms with van der Waals surface area (Å²) in [6.07, 6.45) is 0.963. The predicted molar refractivity (Wildman–Crippen MR) is 71.2 cm³/mol. The van der Waals surface area contributed by atoms with Crippen LogP contribution in [0.3, 0.4) is 0 Å². The summed E-state index contributed by atoms with van der Waals surface area (Å²) in [6, 6.07) is 3.98. The highest BCUT2D eigenvalue weighted by Crippen LogP contribution is 2.36. The molecule has 0 saturated heterocycles. The Morgan fingerprint density at radius 1 is 1.24 bits per heavy atom. The SMILES string of the molecule is COc1ccc(N(C)CCCN)c(OC)c1C. The fourth-order valence-corrected chi connectivity index (χ4v) is 1.89. The van der Waals surface area contributed by atoms with Crippen LogP contribution in [0, 0.1) is 6.92 Å². The van der Waals surface area contributed by atoms with Gasteiger partial charge in [0.15, 0.2) is 0 Å². The molecule has 1 aromatic carbocycles. The molecule has 0 atom stereocenters. The van der Waals surface area contributed by atoms with Crippen LogP contribution in [-0.4, -0.2) is 34.4 Å². The first-order chi connectivity index (χ1) is 8.15. The zero-order valence-electron chi connectivity index (χ0n) is 11.1. The minimum absolute atomic E-state index is 0.696. The Morgan fingerprint density at radius 3 is 2.47 bits per heavy atom. The van der Waals surface area contributed by atoms with Crippen molar-refractivity contribution in [3.63, 3.8) is 0 Å². The van der Waals surface area contributed by atoms with E-state index in [1.807, 2.05) is 26.1 Å². The number of anilines is 1. The number of rotatable bonds is 6. The third-order valence-electron chi connectivity index (χ3n) is 2.87. The highest BCUT2D eigenvalue weighted by atomic mass is 16.5. The van der Waals surface area contributed by atoms with Gasteiger partial charge in [-0.05, 0) is 32.0 Å². The van der Waals surface area contributed by atoms with E-state index in [1.165, 1.54) is 0 Å². The molecular formula is C13H22N2O2. The Morgan fingerprint density at radius 2 is 1.94 bits per heavy atom. The van der Waals surface area contributed by atoms with E-state index in [0.717, 1.165) is 35.7 Å². The van der Waals surface area contributed by atoms with E-state index in [9.17, 15) is 0 Å². The van der Waals surface area contributed by atoms with Gasteiger partial charge in [0.25, 0.3) is 0 Å². The van der Waals surface area contributed by atoms with Crippen molar-refractivity contribution in [1.82, 2.24) is 0 Å². The molecule has 4 heteroatoms. The Labute approximate surface area is 103 Å². The number of ether oxygens (including phenoxy) is 2. The van der Waals surface area contributed by atoms with Crippen LogP contribution in [0.1, 0.15) is 12.0 Å². The lowest BCUT2D eigenvalue weighted by molar-refractivity contribution is 0.389. The topological polar surface area (TPSA) is 47.7 Å². The summed E-state index contributed by atoms with van der Waals surface area (Å²) in [4.78, 5) is 2.15. The second-order valence-corrected chi connectivity index (χ2v) is 4.01. The molecule has 0 aliphatic heterocycles. The van der Waals surface area contributed by atoms with Crippen molar-refractivity contribution < 1.29 is 9.47 Å². The lowest BCUT2D eigenvalue weighted by Crippen LogP contribution is -2.21. The maximum absolute atomic E-state index is 5.52. The number of hydrogen-bond acceptors (Lipinski definition) is 4. The summed E-state index contributed by atoms with van der Waals surface area (Å²) in [5.74, 6) is 1.71. The molecule has 0 radical (unpaired) electrons. The van der Waals surface area contributed by atoms with Gasteiger partial charge in [0, 0.05) is 19.2 Å². The van der Waals surface area contributed by atoms with Crippen molar-refractivity contribution in [2.75, 3.05) is 39.3 Å². The lowest BCUT2D eigenvalue weighted by Gasteiger charge is -2.23. The van der Waals surface area contributed by atoms with E-state index in [-0.39, 0.29) is 0 Å². The van der Waals surface area contributed by atoms with Crippen molar-refractivity contribution in [1.29, 1.82) is 0 Å². The van der Waals surface area contributed by atoms with Crippen molar-refractivity contribution in [2.45, 2.75) is 13.3 Å². The first-order valence-electron chi connectivity index (χ1n) is 5.78. The van der Waals surface area contributed by atoms with E-state index in [0.29, 0.717) is 6.54 Å². The highest BCUT2D eigenvalue weighted by molar-refractivity contribution is 5.65. The number of methoxy groups -OCH3 is 2. The van der Waals surface area contributed by atoms with Crippen molar-refractivity contribution >= 4 is 5.69 Å². The summed E-state index contributed by atoms with van der Waals surface area (Å²) in [5, 5.41) is 0. The second kappa shape index (κ2) is 6.35. The molecule has 1 rings (SSSR count). The molecule has 4 nitrogen and oxygen atoms in total. The minimum atomic E-state index is 0.696. The van der Waals surface area contributed by atoms with Crippen LogP contribution in [0.4, 0.5) is 5.69 Å². The molecule has 0 aromatic heterocycles. The van der Waals surface area contributed by atoms with E-state index in [1.54, 1.807) is 14.2 Å². The Bertz CT molecular complexity index is 367. The normalized spacial score (nSPS) is 10.2. The highest BCUT2D eigenvalue weighted by Gasteiger charge is 2.13. The molecule has 0 heterocycles. The molecule has 0 aliphatic rings. The summed E-state index contributed by atoms with van der Waals surface area (Å²) in [7, 11) is 5.39. The minimum Gasteiger partial charge on any atom is -0.496 e. The van der Waals surface area contributed by atoms with E-state index >= 15 is 0 Å². The zero-order chi connectivity index (χ0) is 12.8. The van der Waals surface area contributed by atoms with Crippen LogP contribution in [-0.2, 0) is 0 Å². The Kier molecular flexibility index (Phi) is 5.10. The largest absolute Gasteiger partial charge is 0.496 e. The first-order valence-corrected chi connectivity index (χ1v) is 5.78. The van der Waals surface area contributed by atoms with Crippen LogP contribution in [0.5, 0.6) is 11.5 Å². The predicted octanol–water partition coefficient (Wildman–Crippen LogP) is 1.80. The fourth-order valence-electron chi connectivity index (χ4n) is 1.89. The third-order valence-corrected chi connectivity index (χ3v) is 2.87. The first kappa shape index (κ1) is 13.6. The fraction of sp³-hybridized carbons (Fsp3) is 0.538. The maximum atomic E-state index is 5.52. The number of nitrogens with zero attached hydrogens (tertiary/aromatic N) is 1. The van der Waals surface area contributed by atoms with Crippen molar-refractivity contribution in [2.24, 2.45) is 5.73 Å². The summed E-state index contributed by atoms with van der Waals surface area (Å²) in [6.45, 7) is 3.61. The molecular weight excluding hydrogens is 216 g/mol. The van der Waals surface area contributed by atoms with Gasteiger partial charge in [-0.3, -0.25) is 0 Å². The Hall–Kier alpha value is -1.42.